The van der Waals surface area contributed by atoms with Crippen molar-refractivity contribution in [2.24, 2.45) is 0 Å². The second-order valence-electron chi connectivity index (χ2n) is 16.1. The fourth-order valence-electron chi connectivity index (χ4n) is 5.34. The largest absolute Gasteiger partial charge is 0.756 e. The lowest BCUT2D eigenvalue weighted by molar-refractivity contribution is -0.870. The molecule has 0 fully saturated rings. The topological polar surface area (TPSA) is 152 Å². The highest BCUT2D eigenvalue weighted by Gasteiger charge is 2.21. The van der Waals surface area contributed by atoms with Crippen LogP contribution in [0, 0.1) is 0 Å². The smallest absolute Gasteiger partial charge is 0.306 e. The number of carbonyl (C=O) groups is 2. The Balaban J connectivity index is 4.65. The van der Waals surface area contributed by atoms with E-state index in [1.165, 1.54) is 19.3 Å². The Morgan fingerprint density at radius 2 is 1.23 bits per heavy atom. The van der Waals surface area contributed by atoms with Crippen molar-refractivity contribution in [3.05, 3.63) is 109 Å². The van der Waals surface area contributed by atoms with Gasteiger partial charge in [0.2, 0.25) is 0 Å². The minimum atomic E-state index is -4.69. The molecular weight excluding hydrogens is 806 g/mol. The summed E-state index contributed by atoms with van der Waals surface area (Å²) < 4.78 is 33.7. The molecule has 11 nitrogen and oxygen atoms in total. The number of hydrogen-bond donors (Lipinski definition) is 2. The zero-order chi connectivity index (χ0) is 46.0. The molecule has 0 radical (unpaired) electrons. The van der Waals surface area contributed by atoms with Crippen LogP contribution in [0.3, 0.4) is 0 Å². The number of quaternary nitrogens is 1. The summed E-state index contributed by atoms with van der Waals surface area (Å²) in [4.78, 5) is 37.6. The first-order chi connectivity index (χ1) is 29.8. The Labute approximate surface area is 375 Å². The predicted octanol–water partition coefficient (Wildman–Crippen LogP) is 10.4. The van der Waals surface area contributed by atoms with Crippen molar-refractivity contribution in [3.8, 4) is 0 Å². The fourth-order valence-corrected chi connectivity index (χ4v) is 6.07. The Kier molecular flexibility index (Phi) is 38.1. The molecule has 4 atom stereocenters. The molecule has 0 saturated carbocycles. The number of phosphoric acid groups is 1. The Morgan fingerprint density at radius 3 is 1.89 bits per heavy atom. The van der Waals surface area contributed by atoms with Crippen LogP contribution in [0.25, 0.3) is 0 Å². The lowest BCUT2D eigenvalue weighted by atomic mass is 10.1. The number of carbonyl (C=O) groups excluding carboxylic acids is 2. The summed E-state index contributed by atoms with van der Waals surface area (Å²) in [5, 5.41) is 20.0. The average molecular weight is 888 g/mol. The zero-order valence-electron chi connectivity index (χ0n) is 38.7. The molecule has 0 aliphatic heterocycles. The Morgan fingerprint density at radius 1 is 0.629 bits per heavy atom. The molecule has 0 aromatic rings. The van der Waals surface area contributed by atoms with Gasteiger partial charge in [0, 0.05) is 12.8 Å². The number of aliphatic hydroxyl groups excluding tert-OH is 2. The van der Waals surface area contributed by atoms with Gasteiger partial charge < -0.3 is 38.1 Å². The normalized spacial score (nSPS) is 15.5. The number of hydrogen-bond acceptors (Lipinski definition) is 10. The van der Waals surface area contributed by atoms with Crippen LogP contribution in [0.5, 0.6) is 0 Å². The van der Waals surface area contributed by atoms with E-state index >= 15 is 0 Å². The lowest BCUT2D eigenvalue weighted by Gasteiger charge is -2.28. The van der Waals surface area contributed by atoms with E-state index in [1.807, 2.05) is 63.7 Å². The van der Waals surface area contributed by atoms with Gasteiger partial charge in [0.05, 0.1) is 40.0 Å². The molecule has 0 spiro atoms. The first-order valence-electron chi connectivity index (χ1n) is 22.8. The highest BCUT2D eigenvalue weighted by Crippen LogP contribution is 2.38. The second-order valence-corrected chi connectivity index (χ2v) is 17.5. The maximum atomic E-state index is 12.7. The molecular formula is C50H82NO10P. The van der Waals surface area contributed by atoms with Gasteiger partial charge in [-0.3, -0.25) is 14.2 Å². The number of phosphoric ester groups is 1. The standard InChI is InChI=1S/C50H82NO10P/c1-6-8-10-11-12-13-14-15-16-17-18-19-20-21-25-28-34-41-50(55)61-48(45-60-62(56,57)59-43-42-51(3,4)5)44-58-49(54)40-35-29-33-39-47(53)38-32-27-24-22-23-26-31-37-46(52)36-30-9-7-2/h9,12-13,15-16,18-19,23-24,26-27,30-33,37-39,46-48,52-53H,6-8,10-11,14,17,20-22,25,28-29,34-36,40-45H2,1-5H3/b13-12-,16-15-,19-18-,26-23-,27-24-,30-9-,37-31+,38-32+,39-33-/t46-,47-,48-/m1/s1. The molecule has 2 N–H and O–H groups in total. The summed E-state index contributed by atoms with van der Waals surface area (Å²) in [5.41, 5.74) is 0. The van der Waals surface area contributed by atoms with Gasteiger partial charge in [-0.25, -0.2) is 0 Å². The molecule has 1 unspecified atom stereocenters. The number of esters is 2. The molecule has 0 aliphatic rings. The molecule has 62 heavy (non-hydrogen) atoms. The summed E-state index contributed by atoms with van der Waals surface area (Å²) in [7, 11) is 1.01. The number of likely N-dealkylation sites (N-methyl/N-ethyl adjacent to an activating group) is 1. The predicted molar refractivity (Wildman–Crippen MR) is 252 cm³/mol. The summed E-state index contributed by atoms with van der Waals surface area (Å²) in [6.45, 7) is 3.73. The quantitative estimate of drug-likeness (QED) is 0.0152. The van der Waals surface area contributed by atoms with Crippen molar-refractivity contribution in [1.82, 2.24) is 0 Å². The number of allylic oxidation sites excluding steroid dienone is 14. The first-order valence-corrected chi connectivity index (χ1v) is 24.3. The van der Waals surface area contributed by atoms with E-state index in [1.54, 1.807) is 30.4 Å². The molecule has 352 valence electrons. The van der Waals surface area contributed by atoms with Gasteiger partial charge in [0.15, 0.2) is 6.10 Å². The molecule has 12 heteroatoms. The minimum absolute atomic E-state index is 0.0753. The van der Waals surface area contributed by atoms with Crippen molar-refractivity contribution in [2.45, 2.75) is 148 Å². The minimum Gasteiger partial charge on any atom is -0.756 e. The zero-order valence-corrected chi connectivity index (χ0v) is 39.6. The van der Waals surface area contributed by atoms with Gasteiger partial charge in [0.25, 0.3) is 7.82 Å². The number of aliphatic hydroxyl groups is 2. The molecule has 0 rings (SSSR count). The Hall–Kier alpha value is -3.41. The van der Waals surface area contributed by atoms with E-state index in [0.717, 1.165) is 51.4 Å². The van der Waals surface area contributed by atoms with E-state index < -0.39 is 44.7 Å². The lowest BCUT2D eigenvalue weighted by Crippen LogP contribution is -2.37. The maximum absolute atomic E-state index is 12.7. The fraction of sp³-hybridized carbons (Fsp3) is 0.600. The molecule has 0 aromatic heterocycles. The van der Waals surface area contributed by atoms with Gasteiger partial charge in [-0.2, -0.15) is 0 Å². The van der Waals surface area contributed by atoms with E-state index in [0.29, 0.717) is 43.1 Å². The van der Waals surface area contributed by atoms with Crippen LogP contribution in [0.4, 0.5) is 0 Å². The average Bonchev–Trinajstić information content (AvgIpc) is 3.21. The monoisotopic (exact) mass is 888 g/mol. The summed E-state index contributed by atoms with van der Waals surface area (Å²) >= 11 is 0. The number of rotatable bonds is 39. The van der Waals surface area contributed by atoms with Gasteiger partial charge in [-0.05, 0) is 77.0 Å². The van der Waals surface area contributed by atoms with Crippen molar-refractivity contribution in [1.29, 1.82) is 0 Å². The highest BCUT2D eigenvalue weighted by atomic mass is 31.2. The van der Waals surface area contributed by atoms with Crippen LogP contribution in [0.1, 0.15) is 129 Å². The van der Waals surface area contributed by atoms with Crippen LogP contribution in [0.2, 0.25) is 0 Å². The molecule has 0 amide bonds. The van der Waals surface area contributed by atoms with E-state index in [-0.39, 0.29) is 26.1 Å². The van der Waals surface area contributed by atoms with Crippen LogP contribution in [-0.4, -0.2) is 92.5 Å². The van der Waals surface area contributed by atoms with Crippen LogP contribution in [-0.2, 0) is 32.7 Å². The third kappa shape index (κ3) is 43.2. The van der Waals surface area contributed by atoms with Crippen LogP contribution in [0.15, 0.2) is 109 Å². The van der Waals surface area contributed by atoms with E-state index in [2.05, 4.69) is 50.3 Å². The summed E-state index contributed by atoms with van der Waals surface area (Å²) in [6, 6.07) is 0. The molecule has 0 aromatic carbocycles. The summed E-state index contributed by atoms with van der Waals surface area (Å²) in [5.74, 6) is -1.06. The van der Waals surface area contributed by atoms with Gasteiger partial charge in [0.1, 0.15) is 19.8 Å². The van der Waals surface area contributed by atoms with Crippen molar-refractivity contribution >= 4 is 19.8 Å². The molecule has 0 saturated heterocycles. The van der Waals surface area contributed by atoms with Crippen molar-refractivity contribution in [3.63, 3.8) is 0 Å². The molecule has 0 heterocycles. The molecule has 0 aliphatic carbocycles. The SMILES string of the molecule is CC/C=C\C[C@@H](O)/C=C/C=C\C/C=C\C=C\[C@@H](O)/C=C\CCCC(=O)OC[C@H](COP(=O)([O-])OCC[N+](C)(C)C)OC(=O)CCCCCC/C=C\C/C=C\C/C=C\CCCCC. The second kappa shape index (κ2) is 40.4. The van der Waals surface area contributed by atoms with Crippen LogP contribution < -0.4 is 4.89 Å². The Bertz CT molecular complexity index is 1450. The first kappa shape index (κ1) is 58.6. The summed E-state index contributed by atoms with van der Waals surface area (Å²) in [6.07, 6.45) is 47.6. The van der Waals surface area contributed by atoms with Gasteiger partial charge in [-0.15, -0.1) is 0 Å². The van der Waals surface area contributed by atoms with Gasteiger partial charge >= 0.3 is 11.9 Å². The maximum Gasteiger partial charge on any atom is 0.306 e. The van der Waals surface area contributed by atoms with E-state index in [4.69, 9.17) is 18.5 Å². The highest BCUT2D eigenvalue weighted by molar-refractivity contribution is 7.45. The third-order valence-corrected chi connectivity index (χ3v) is 9.92. The van der Waals surface area contributed by atoms with Crippen molar-refractivity contribution in [2.75, 3.05) is 47.5 Å². The van der Waals surface area contributed by atoms with Crippen molar-refractivity contribution < 1.29 is 52.3 Å². The third-order valence-electron chi connectivity index (χ3n) is 8.95. The van der Waals surface area contributed by atoms with E-state index in [9.17, 15) is 29.3 Å². The van der Waals surface area contributed by atoms with Gasteiger partial charge in [-0.1, -0.05) is 149 Å². The van der Waals surface area contributed by atoms with Crippen LogP contribution >= 0.6 is 7.82 Å². The number of nitrogens with zero attached hydrogens (tertiary/aromatic N) is 1. The molecule has 0 bridgehead atoms. The number of unbranched alkanes of at least 4 members (excludes halogenated alkanes) is 8. The number of ether oxygens (including phenoxy) is 2.